The normalized spacial score (nSPS) is 43.3. The van der Waals surface area contributed by atoms with Gasteiger partial charge in [0.2, 0.25) is 0 Å². The number of aliphatic hydroxyl groups is 1. The van der Waals surface area contributed by atoms with Crippen molar-refractivity contribution < 1.29 is 9.90 Å². The molecule has 1 saturated carbocycles. The van der Waals surface area contributed by atoms with Crippen LogP contribution in [0.2, 0.25) is 0 Å². The Morgan fingerprint density at radius 1 is 1.23 bits per heavy atom. The zero-order chi connectivity index (χ0) is 16.1. The lowest BCUT2D eigenvalue weighted by Gasteiger charge is -2.43. The van der Waals surface area contributed by atoms with E-state index in [1.807, 2.05) is 0 Å². The number of allylic oxidation sites excluding steroid dienone is 2. The van der Waals surface area contributed by atoms with Crippen LogP contribution < -0.4 is 0 Å². The highest BCUT2D eigenvalue weighted by atomic mass is 16.3. The molecule has 0 aromatic rings. The van der Waals surface area contributed by atoms with E-state index in [4.69, 9.17) is 0 Å². The molecule has 0 aliphatic heterocycles. The molecule has 5 unspecified atom stereocenters. The van der Waals surface area contributed by atoms with Crippen LogP contribution in [0.3, 0.4) is 0 Å². The van der Waals surface area contributed by atoms with Gasteiger partial charge in [0, 0.05) is 5.41 Å². The lowest BCUT2D eigenvalue weighted by atomic mass is 9.61. The molecule has 0 saturated heterocycles. The summed E-state index contributed by atoms with van der Waals surface area (Å²) in [6.07, 6.45) is 6.64. The van der Waals surface area contributed by atoms with E-state index in [1.54, 1.807) is 0 Å². The van der Waals surface area contributed by atoms with Crippen molar-refractivity contribution in [1.82, 2.24) is 0 Å². The van der Waals surface area contributed by atoms with Crippen LogP contribution in [0.15, 0.2) is 23.3 Å². The van der Waals surface area contributed by atoms with E-state index in [-0.39, 0.29) is 11.2 Å². The van der Waals surface area contributed by atoms with Crippen LogP contribution in [-0.2, 0) is 4.79 Å². The molecule has 0 amide bonds. The third kappa shape index (κ3) is 2.31. The van der Waals surface area contributed by atoms with Crippen molar-refractivity contribution >= 4 is 5.78 Å². The first-order valence-corrected chi connectivity index (χ1v) is 8.96. The minimum Gasteiger partial charge on any atom is -0.384 e. The van der Waals surface area contributed by atoms with Gasteiger partial charge in [0.05, 0.1) is 0 Å². The average Bonchev–Trinajstić information content (AvgIpc) is 2.83. The summed E-state index contributed by atoms with van der Waals surface area (Å²) in [7, 11) is 0. The summed E-state index contributed by atoms with van der Waals surface area (Å²) >= 11 is 0. The topological polar surface area (TPSA) is 37.3 Å². The molecule has 0 spiro atoms. The van der Waals surface area contributed by atoms with Crippen molar-refractivity contribution in [2.24, 2.45) is 23.2 Å². The summed E-state index contributed by atoms with van der Waals surface area (Å²) in [6, 6.07) is 0. The van der Waals surface area contributed by atoms with Gasteiger partial charge in [0.1, 0.15) is 6.10 Å². The molecule has 0 heterocycles. The van der Waals surface area contributed by atoms with E-state index in [9.17, 15) is 9.90 Å². The number of Topliss-reactive ketones (excluding diaryl/α,β-unsaturated/α-hetero) is 1. The minimum absolute atomic E-state index is 0.00830. The van der Waals surface area contributed by atoms with Gasteiger partial charge in [-0.25, -0.2) is 0 Å². The lowest BCUT2D eigenvalue weighted by Crippen LogP contribution is -2.48. The van der Waals surface area contributed by atoms with Crippen LogP contribution >= 0.6 is 0 Å². The van der Waals surface area contributed by atoms with Crippen molar-refractivity contribution in [3.05, 3.63) is 23.3 Å². The van der Waals surface area contributed by atoms with E-state index < -0.39 is 6.10 Å². The molecule has 22 heavy (non-hydrogen) atoms. The fourth-order valence-corrected chi connectivity index (χ4v) is 5.36. The number of hydrogen-bond donors (Lipinski definition) is 1. The smallest absolute Gasteiger partial charge is 0.187 e. The molecule has 2 nitrogen and oxygen atoms in total. The Hall–Kier alpha value is -0.890. The summed E-state index contributed by atoms with van der Waals surface area (Å²) in [5.41, 5.74) is 3.26. The quantitative estimate of drug-likeness (QED) is 0.672. The molecular formula is C20H30O2. The van der Waals surface area contributed by atoms with Crippen molar-refractivity contribution in [1.29, 1.82) is 0 Å². The number of carbonyl (C=O) groups is 1. The number of rotatable bonds is 0. The minimum atomic E-state index is -0.815. The Balaban J connectivity index is 2.07. The Morgan fingerprint density at radius 3 is 2.68 bits per heavy atom. The largest absolute Gasteiger partial charge is 0.384 e. The second kappa shape index (κ2) is 5.63. The van der Waals surface area contributed by atoms with Crippen molar-refractivity contribution in [2.75, 3.05) is 0 Å². The predicted molar refractivity (Wildman–Crippen MR) is 89.4 cm³/mol. The highest BCUT2D eigenvalue weighted by molar-refractivity contribution is 6.01. The molecule has 3 aliphatic rings. The maximum atomic E-state index is 12.7. The van der Waals surface area contributed by atoms with E-state index in [0.717, 1.165) is 37.7 Å². The van der Waals surface area contributed by atoms with Gasteiger partial charge in [0.15, 0.2) is 5.78 Å². The van der Waals surface area contributed by atoms with E-state index in [1.165, 1.54) is 24.0 Å². The van der Waals surface area contributed by atoms with Gasteiger partial charge in [0.25, 0.3) is 0 Å². The third-order valence-corrected chi connectivity index (χ3v) is 6.83. The Morgan fingerprint density at radius 2 is 1.95 bits per heavy atom. The highest BCUT2D eigenvalue weighted by Crippen LogP contribution is 2.58. The third-order valence-electron chi connectivity index (χ3n) is 6.83. The number of aliphatic hydroxyl groups excluding tert-OH is 1. The SMILES string of the molecule is C=C1CCCC(C)CCC2=C(C)C3C1CCC3(C)C(O)C2=O. The van der Waals surface area contributed by atoms with Gasteiger partial charge < -0.3 is 5.11 Å². The molecule has 0 radical (unpaired) electrons. The number of hydrogen-bond acceptors (Lipinski definition) is 2. The van der Waals surface area contributed by atoms with E-state index >= 15 is 0 Å². The molecule has 1 fully saturated rings. The summed E-state index contributed by atoms with van der Waals surface area (Å²) in [5, 5.41) is 10.7. The Labute approximate surface area is 134 Å². The first-order valence-electron chi connectivity index (χ1n) is 8.96. The van der Waals surface area contributed by atoms with Crippen LogP contribution in [0.25, 0.3) is 0 Å². The van der Waals surface area contributed by atoms with Crippen LogP contribution in [0.1, 0.15) is 65.7 Å². The average molecular weight is 302 g/mol. The van der Waals surface area contributed by atoms with Crippen LogP contribution in [0.4, 0.5) is 0 Å². The Bertz CT molecular complexity index is 530. The van der Waals surface area contributed by atoms with Gasteiger partial charge in [-0.15, -0.1) is 0 Å². The first kappa shape index (κ1) is 16.0. The maximum absolute atomic E-state index is 12.7. The highest BCUT2D eigenvalue weighted by Gasteiger charge is 2.56. The fourth-order valence-electron chi connectivity index (χ4n) is 5.36. The van der Waals surface area contributed by atoms with Crippen molar-refractivity contribution in [2.45, 2.75) is 71.8 Å². The fraction of sp³-hybridized carbons (Fsp3) is 0.750. The molecule has 122 valence electrons. The molecule has 5 atom stereocenters. The molecule has 3 aliphatic carbocycles. The lowest BCUT2D eigenvalue weighted by molar-refractivity contribution is -0.133. The predicted octanol–water partition coefficient (Wildman–Crippen LogP) is 4.44. The van der Waals surface area contributed by atoms with Crippen molar-refractivity contribution in [3.8, 4) is 0 Å². The molecule has 2 bridgehead atoms. The van der Waals surface area contributed by atoms with Gasteiger partial charge in [-0.05, 0) is 68.8 Å². The molecule has 3 rings (SSSR count). The maximum Gasteiger partial charge on any atom is 0.187 e. The zero-order valence-corrected chi connectivity index (χ0v) is 14.3. The van der Waals surface area contributed by atoms with Gasteiger partial charge in [-0.3, -0.25) is 4.79 Å². The summed E-state index contributed by atoms with van der Waals surface area (Å²) in [6.45, 7) is 10.9. The molecular weight excluding hydrogens is 272 g/mol. The van der Waals surface area contributed by atoms with Crippen LogP contribution in [-0.4, -0.2) is 17.0 Å². The van der Waals surface area contributed by atoms with Gasteiger partial charge >= 0.3 is 0 Å². The van der Waals surface area contributed by atoms with Gasteiger partial charge in [-0.1, -0.05) is 38.0 Å². The standard InChI is InChI=1S/C20H30O2/c1-12-6-5-7-13(2)15-10-11-20(4)17(15)14(3)16(9-8-12)18(21)19(20)22/h12,15,17,19,22H,2,5-11H2,1,3-4H3. The van der Waals surface area contributed by atoms with E-state index in [0.29, 0.717) is 17.8 Å². The second-order valence-electron chi connectivity index (χ2n) is 8.25. The number of carbonyl (C=O) groups excluding carboxylic acids is 1. The summed E-state index contributed by atoms with van der Waals surface area (Å²) < 4.78 is 0. The van der Waals surface area contributed by atoms with Gasteiger partial charge in [-0.2, -0.15) is 0 Å². The molecule has 0 aromatic heterocycles. The first-order chi connectivity index (χ1) is 10.4. The Kier molecular flexibility index (Phi) is 4.09. The molecule has 2 heteroatoms. The monoisotopic (exact) mass is 302 g/mol. The van der Waals surface area contributed by atoms with Crippen molar-refractivity contribution in [3.63, 3.8) is 0 Å². The number of ketones is 1. The molecule has 0 aromatic carbocycles. The second-order valence-corrected chi connectivity index (χ2v) is 8.25. The van der Waals surface area contributed by atoms with Crippen LogP contribution in [0.5, 0.6) is 0 Å². The summed E-state index contributed by atoms with van der Waals surface area (Å²) in [5.74, 6) is 1.42. The van der Waals surface area contributed by atoms with E-state index in [2.05, 4.69) is 27.4 Å². The zero-order valence-electron chi connectivity index (χ0n) is 14.3. The summed E-state index contributed by atoms with van der Waals surface area (Å²) in [4.78, 5) is 12.7. The van der Waals surface area contributed by atoms with Crippen LogP contribution in [0, 0.1) is 23.2 Å². The molecule has 1 N–H and O–H groups in total.